The molecule has 0 bridgehead atoms. The van der Waals surface area contributed by atoms with Crippen molar-refractivity contribution in [3.05, 3.63) is 11.3 Å². The summed E-state index contributed by atoms with van der Waals surface area (Å²) in [6.45, 7) is 11.4. The van der Waals surface area contributed by atoms with Crippen LogP contribution < -0.4 is 0 Å². The van der Waals surface area contributed by atoms with Gasteiger partial charge in [-0.15, -0.1) is 0 Å². The van der Waals surface area contributed by atoms with Crippen LogP contribution in [0, 0.1) is 11.8 Å². The van der Waals surface area contributed by atoms with Gasteiger partial charge in [-0.25, -0.2) is 0 Å². The second-order valence-electron chi connectivity index (χ2n) is 4.96. The Labute approximate surface area is 99.5 Å². The Morgan fingerprint density at radius 3 is 1.93 bits per heavy atom. The van der Waals surface area contributed by atoms with Crippen molar-refractivity contribution in [3.63, 3.8) is 0 Å². The molecular formula is C13H23NS. The molecule has 0 saturated carbocycles. The lowest BCUT2D eigenvalue weighted by Gasteiger charge is -2.28. The first-order valence-corrected chi connectivity index (χ1v) is 6.49. The summed E-state index contributed by atoms with van der Waals surface area (Å²) in [5.41, 5.74) is 2.85. The van der Waals surface area contributed by atoms with Crippen LogP contribution in [0.2, 0.25) is 0 Å². The Balaban J connectivity index is 3.01. The molecule has 1 rings (SSSR count). The van der Waals surface area contributed by atoms with Crippen LogP contribution in [0.4, 0.5) is 0 Å². The zero-order valence-corrected chi connectivity index (χ0v) is 11.2. The topological polar surface area (TPSA) is 3.24 Å². The lowest BCUT2D eigenvalue weighted by atomic mass is 9.96. The first-order valence-electron chi connectivity index (χ1n) is 6.02. The molecule has 0 N–H and O–H groups in total. The minimum Gasteiger partial charge on any atom is -0.374 e. The molecule has 0 unspecified atom stereocenters. The SMILES string of the molecule is CC(C)/C(C=S)=C(\C(C)C)N1CCCC1. The van der Waals surface area contributed by atoms with Crippen molar-refractivity contribution in [1.82, 2.24) is 4.90 Å². The summed E-state index contributed by atoms with van der Waals surface area (Å²) >= 11 is 5.17. The van der Waals surface area contributed by atoms with Gasteiger partial charge in [-0.1, -0.05) is 39.9 Å². The summed E-state index contributed by atoms with van der Waals surface area (Å²) in [5, 5.41) is 1.89. The molecular weight excluding hydrogens is 202 g/mol. The molecule has 86 valence electrons. The predicted octanol–water partition coefficient (Wildman–Crippen LogP) is 3.65. The molecule has 1 aliphatic heterocycles. The maximum absolute atomic E-state index is 5.17. The van der Waals surface area contributed by atoms with Crippen molar-refractivity contribution in [2.24, 2.45) is 11.8 Å². The van der Waals surface area contributed by atoms with Gasteiger partial charge in [-0.3, -0.25) is 0 Å². The monoisotopic (exact) mass is 225 g/mol. The third-order valence-electron chi connectivity index (χ3n) is 3.04. The largest absolute Gasteiger partial charge is 0.374 e. The van der Waals surface area contributed by atoms with E-state index < -0.39 is 0 Å². The minimum atomic E-state index is 0.542. The van der Waals surface area contributed by atoms with Crippen LogP contribution in [-0.4, -0.2) is 23.4 Å². The summed E-state index contributed by atoms with van der Waals surface area (Å²) in [6.07, 6.45) is 2.66. The van der Waals surface area contributed by atoms with E-state index in [-0.39, 0.29) is 0 Å². The van der Waals surface area contributed by atoms with Crippen LogP contribution in [0.25, 0.3) is 0 Å². The van der Waals surface area contributed by atoms with Crippen molar-refractivity contribution in [2.45, 2.75) is 40.5 Å². The van der Waals surface area contributed by atoms with Crippen LogP contribution in [0.1, 0.15) is 40.5 Å². The summed E-state index contributed by atoms with van der Waals surface area (Å²) < 4.78 is 0. The highest BCUT2D eigenvalue weighted by Gasteiger charge is 2.21. The molecule has 0 aromatic carbocycles. The average Bonchev–Trinajstić information content (AvgIpc) is 2.64. The summed E-state index contributed by atoms with van der Waals surface area (Å²) in [6, 6.07) is 0. The summed E-state index contributed by atoms with van der Waals surface area (Å²) in [4.78, 5) is 2.53. The van der Waals surface area contributed by atoms with Gasteiger partial charge in [0, 0.05) is 24.2 Å². The van der Waals surface area contributed by atoms with Gasteiger partial charge in [-0.05, 0) is 30.3 Å². The maximum Gasteiger partial charge on any atom is 0.0202 e. The van der Waals surface area contributed by atoms with Gasteiger partial charge in [0.05, 0.1) is 0 Å². The second kappa shape index (κ2) is 5.64. The van der Waals surface area contributed by atoms with Gasteiger partial charge in [-0.2, -0.15) is 0 Å². The summed E-state index contributed by atoms with van der Waals surface area (Å²) in [7, 11) is 0. The molecule has 0 aromatic heterocycles. The van der Waals surface area contributed by atoms with Gasteiger partial charge in [0.2, 0.25) is 0 Å². The lowest BCUT2D eigenvalue weighted by molar-refractivity contribution is 0.372. The highest BCUT2D eigenvalue weighted by Crippen LogP contribution is 2.27. The standard InChI is InChI=1S/C13H23NS/c1-10(2)12(9-15)13(11(3)4)14-7-5-6-8-14/h9-11H,5-8H2,1-4H3/b13-12+. The number of allylic oxidation sites excluding steroid dienone is 2. The molecule has 1 saturated heterocycles. The van der Waals surface area contributed by atoms with Crippen molar-refractivity contribution in [2.75, 3.05) is 13.1 Å². The first-order chi connectivity index (χ1) is 7.07. The van der Waals surface area contributed by atoms with Crippen molar-refractivity contribution < 1.29 is 0 Å². The molecule has 1 nitrogen and oxygen atoms in total. The zero-order valence-electron chi connectivity index (χ0n) is 10.4. The van der Waals surface area contributed by atoms with E-state index in [1.165, 1.54) is 37.2 Å². The number of hydrogen-bond donors (Lipinski definition) is 0. The summed E-state index contributed by atoms with van der Waals surface area (Å²) in [5.74, 6) is 1.13. The fourth-order valence-corrected chi connectivity index (χ4v) is 2.72. The Kier molecular flexibility index (Phi) is 4.78. The van der Waals surface area contributed by atoms with Crippen molar-refractivity contribution >= 4 is 17.6 Å². The molecule has 0 radical (unpaired) electrons. The van der Waals surface area contributed by atoms with Gasteiger partial charge in [0.15, 0.2) is 0 Å². The minimum absolute atomic E-state index is 0.542. The van der Waals surface area contributed by atoms with Gasteiger partial charge >= 0.3 is 0 Å². The van der Waals surface area contributed by atoms with Crippen LogP contribution in [-0.2, 0) is 0 Å². The highest BCUT2D eigenvalue weighted by atomic mass is 32.1. The van der Waals surface area contributed by atoms with Crippen LogP contribution in [0.5, 0.6) is 0 Å². The fourth-order valence-electron chi connectivity index (χ4n) is 2.33. The number of likely N-dealkylation sites (tertiary alicyclic amines) is 1. The van der Waals surface area contributed by atoms with E-state index in [9.17, 15) is 0 Å². The Morgan fingerprint density at radius 2 is 1.60 bits per heavy atom. The van der Waals surface area contributed by atoms with E-state index in [0.717, 1.165) is 0 Å². The third kappa shape index (κ3) is 3.04. The number of thiocarbonyl (C=S) groups is 1. The Morgan fingerprint density at radius 1 is 1.07 bits per heavy atom. The molecule has 0 aromatic rings. The van der Waals surface area contributed by atoms with E-state index in [0.29, 0.717) is 11.8 Å². The molecule has 1 aliphatic rings. The van der Waals surface area contributed by atoms with E-state index in [1.54, 1.807) is 0 Å². The molecule has 0 spiro atoms. The highest BCUT2D eigenvalue weighted by molar-refractivity contribution is 7.79. The zero-order chi connectivity index (χ0) is 11.4. The molecule has 15 heavy (non-hydrogen) atoms. The molecule has 2 heteroatoms. The van der Waals surface area contributed by atoms with Crippen molar-refractivity contribution in [3.8, 4) is 0 Å². The van der Waals surface area contributed by atoms with Gasteiger partial charge in [0.1, 0.15) is 0 Å². The second-order valence-corrected chi connectivity index (χ2v) is 5.20. The lowest BCUT2D eigenvalue weighted by Crippen LogP contribution is -2.25. The number of hydrogen-bond acceptors (Lipinski definition) is 2. The van der Waals surface area contributed by atoms with E-state index in [1.807, 2.05) is 5.37 Å². The van der Waals surface area contributed by atoms with E-state index in [4.69, 9.17) is 12.2 Å². The molecule has 0 atom stereocenters. The Hall–Kier alpha value is -0.370. The Bertz CT molecular complexity index is 247. The molecule has 1 fully saturated rings. The quantitative estimate of drug-likeness (QED) is 0.531. The fraction of sp³-hybridized carbons (Fsp3) is 0.769. The normalized spacial score (nSPS) is 18.7. The van der Waals surface area contributed by atoms with E-state index in [2.05, 4.69) is 32.6 Å². The number of nitrogens with zero attached hydrogens (tertiary/aromatic N) is 1. The van der Waals surface area contributed by atoms with E-state index >= 15 is 0 Å². The molecule has 0 amide bonds. The molecule has 0 aliphatic carbocycles. The smallest absolute Gasteiger partial charge is 0.0202 e. The third-order valence-corrected chi connectivity index (χ3v) is 3.29. The van der Waals surface area contributed by atoms with Crippen LogP contribution >= 0.6 is 12.2 Å². The number of rotatable bonds is 4. The van der Waals surface area contributed by atoms with Crippen LogP contribution in [0.15, 0.2) is 11.3 Å². The van der Waals surface area contributed by atoms with Gasteiger partial charge < -0.3 is 4.90 Å². The van der Waals surface area contributed by atoms with Gasteiger partial charge in [0.25, 0.3) is 0 Å². The maximum atomic E-state index is 5.17. The van der Waals surface area contributed by atoms with Crippen molar-refractivity contribution in [1.29, 1.82) is 0 Å². The predicted molar refractivity (Wildman–Crippen MR) is 71.2 cm³/mol. The van der Waals surface area contributed by atoms with Crippen LogP contribution in [0.3, 0.4) is 0 Å². The average molecular weight is 225 g/mol. The molecule has 1 heterocycles. The first kappa shape index (κ1) is 12.7.